The molecule has 2 rings (SSSR count). The van der Waals surface area contributed by atoms with Crippen LogP contribution in [0.5, 0.6) is 0 Å². The molecule has 6 heteroatoms. The summed E-state index contributed by atoms with van der Waals surface area (Å²) in [5.74, 6) is 2.39. The summed E-state index contributed by atoms with van der Waals surface area (Å²) < 4.78 is 1.81. The molecule has 0 aliphatic carbocycles. The van der Waals surface area contributed by atoms with Crippen molar-refractivity contribution in [2.24, 2.45) is 7.05 Å². The molecule has 6 nitrogen and oxygen atoms in total. The van der Waals surface area contributed by atoms with Crippen molar-refractivity contribution in [3.63, 3.8) is 0 Å². The number of hydrogen-bond acceptors (Lipinski definition) is 5. The number of rotatable bonds is 4. The van der Waals surface area contributed by atoms with Gasteiger partial charge in [-0.3, -0.25) is 4.68 Å². The van der Waals surface area contributed by atoms with Gasteiger partial charge in [0, 0.05) is 31.8 Å². The predicted molar refractivity (Wildman–Crippen MR) is 86.1 cm³/mol. The zero-order chi connectivity index (χ0) is 15.6. The van der Waals surface area contributed by atoms with Gasteiger partial charge >= 0.3 is 0 Å². The van der Waals surface area contributed by atoms with Crippen molar-refractivity contribution in [1.82, 2.24) is 19.7 Å². The first kappa shape index (κ1) is 15.3. The van der Waals surface area contributed by atoms with Crippen molar-refractivity contribution in [3.05, 3.63) is 23.8 Å². The van der Waals surface area contributed by atoms with Crippen LogP contribution in [0, 0.1) is 0 Å². The molecule has 21 heavy (non-hydrogen) atoms. The molecule has 2 N–H and O–H groups in total. The first-order chi connectivity index (χ1) is 9.83. The second-order valence-electron chi connectivity index (χ2n) is 6.10. The van der Waals surface area contributed by atoms with Crippen LogP contribution in [0.4, 0.5) is 17.3 Å². The van der Waals surface area contributed by atoms with E-state index < -0.39 is 0 Å². The third-order valence-corrected chi connectivity index (χ3v) is 3.16. The lowest BCUT2D eigenvalue weighted by atomic mass is 9.96. The number of aryl methyl sites for hydroxylation is 2. The lowest BCUT2D eigenvalue weighted by Crippen LogP contribution is -2.17. The predicted octanol–water partition coefficient (Wildman–Crippen LogP) is 2.86. The molecule has 114 valence electrons. The van der Waals surface area contributed by atoms with Gasteiger partial charge in [0.15, 0.2) is 0 Å². The molecule has 0 bridgehead atoms. The fourth-order valence-corrected chi connectivity index (χ4v) is 2.01. The van der Waals surface area contributed by atoms with E-state index in [4.69, 9.17) is 0 Å². The van der Waals surface area contributed by atoms with E-state index in [0.717, 1.165) is 35.3 Å². The smallest absolute Gasteiger partial charge is 0.138 e. The van der Waals surface area contributed by atoms with E-state index in [-0.39, 0.29) is 5.41 Å². The molecule has 0 aliphatic rings. The largest absolute Gasteiger partial charge is 0.373 e. The van der Waals surface area contributed by atoms with Gasteiger partial charge in [0.05, 0.1) is 11.4 Å². The maximum Gasteiger partial charge on any atom is 0.138 e. The Morgan fingerprint density at radius 3 is 2.43 bits per heavy atom. The summed E-state index contributed by atoms with van der Waals surface area (Å²) in [4.78, 5) is 9.16. The van der Waals surface area contributed by atoms with Gasteiger partial charge in [-0.15, -0.1) is 0 Å². The van der Waals surface area contributed by atoms with Crippen LogP contribution in [-0.2, 0) is 18.9 Å². The van der Waals surface area contributed by atoms with Gasteiger partial charge in [0.2, 0.25) is 0 Å². The van der Waals surface area contributed by atoms with E-state index in [1.807, 2.05) is 31.0 Å². The molecule has 2 heterocycles. The Labute approximate surface area is 126 Å². The fourth-order valence-electron chi connectivity index (χ4n) is 2.01. The van der Waals surface area contributed by atoms with Crippen LogP contribution in [0.3, 0.4) is 0 Å². The van der Waals surface area contributed by atoms with Crippen molar-refractivity contribution in [3.8, 4) is 0 Å². The van der Waals surface area contributed by atoms with Gasteiger partial charge in [0.25, 0.3) is 0 Å². The van der Waals surface area contributed by atoms with E-state index in [2.05, 4.69) is 53.4 Å². The topological polar surface area (TPSA) is 67.7 Å². The Balaban J connectivity index is 2.39. The summed E-state index contributed by atoms with van der Waals surface area (Å²) in [7, 11) is 3.78. The average Bonchev–Trinajstić information content (AvgIpc) is 2.77. The lowest BCUT2D eigenvalue weighted by Gasteiger charge is -2.18. The summed E-state index contributed by atoms with van der Waals surface area (Å²) in [5.41, 5.74) is 1.91. The van der Waals surface area contributed by atoms with E-state index in [1.165, 1.54) is 0 Å². The van der Waals surface area contributed by atoms with E-state index in [1.54, 1.807) is 0 Å². The maximum atomic E-state index is 4.63. The highest BCUT2D eigenvalue weighted by Gasteiger charge is 2.19. The number of nitrogens with one attached hydrogen (secondary N) is 2. The van der Waals surface area contributed by atoms with Crippen LogP contribution in [-0.4, -0.2) is 26.8 Å². The molecule has 0 spiro atoms. The molecule has 0 saturated heterocycles. The fraction of sp³-hybridized carbons (Fsp3) is 0.533. The minimum absolute atomic E-state index is 0.105. The van der Waals surface area contributed by atoms with Gasteiger partial charge < -0.3 is 10.6 Å². The zero-order valence-corrected chi connectivity index (χ0v) is 13.7. The summed E-state index contributed by atoms with van der Waals surface area (Å²) >= 11 is 0. The first-order valence-electron chi connectivity index (χ1n) is 7.20. The summed E-state index contributed by atoms with van der Waals surface area (Å²) in [5, 5.41) is 10.9. The van der Waals surface area contributed by atoms with Crippen LogP contribution in [0.1, 0.15) is 39.2 Å². The van der Waals surface area contributed by atoms with Crippen molar-refractivity contribution < 1.29 is 0 Å². The van der Waals surface area contributed by atoms with E-state index >= 15 is 0 Å². The third kappa shape index (κ3) is 3.51. The molecule has 0 unspecified atom stereocenters. The minimum atomic E-state index is -0.105. The van der Waals surface area contributed by atoms with Crippen molar-refractivity contribution in [2.45, 2.75) is 39.5 Å². The molecule has 0 atom stereocenters. The molecule has 0 radical (unpaired) electrons. The minimum Gasteiger partial charge on any atom is -0.373 e. The SMILES string of the molecule is CCc1nn(C)cc1Nc1cc(NC)nc(C(C)(C)C)n1. The number of nitrogens with zero attached hydrogens (tertiary/aromatic N) is 4. The quantitative estimate of drug-likeness (QED) is 0.905. The van der Waals surface area contributed by atoms with E-state index in [9.17, 15) is 0 Å². The van der Waals surface area contributed by atoms with Crippen LogP contribution >= 0.6 is 0 Å². The normalized spacial score (nSPS) is 11.5. The zero-order valence-electron chi connectivity index (χ0n) is 13.7. The van der Waals surface area contributed by atoms with Crippen LogP contribution in [0.2, 0.25) is 0 Å². The second kappa shape index (κ2) is 5.71. The summed E-state index contributed by atoms with van der Waals surface area (Å²) in [6.45, 7) is 8.40. The summed E-state index contributed by atoms with van der Waals surface area (Å²) in [6, 6.07) is 1.90. The monoisotopic (exact) mass is 288 g/mol. The number of anilines is 3. The lowest BCUT2D eigenvalue weighted by molar-refractivity contribution is 0.547. The Morgan fingerprint density at radius 1 is 1.19 bits per heavy atom. The number of aromatic nitrogens is 4. The Hall–Kier alpha value is -2.11. The van der Waals surface area contributed by atoms with E-state index in [0.29, 0.717) is 0 Å². The second-order valence-corrected chi connectivity index (χ2v) is 6.10. The van der Waals surface area contributed by atoms with Gasteiger partial charge in [-0.1, -0.05) is 27.7 Å². The Morgan fingerprint density at radius 2 is 1.86 bits per heavy atom. The highest BCUT2D eigenvalue weighted by Crippen LogP contribution is 2.25. The molecule has 0 aromatic carbocycles. The third-order valence-electron chi connectivity index (χ3n) is 3.16. The van der Waals surface area contributed by atoms with Crippen LogP contribution < -0.4 is 10.6 Å². The molecule has 0 saturated carbocycles. The van der Waals surface area contributed by atoms with Gasteiger partial charge in [-0.25, -0.2) is 9.97 Å². The van der Waals surface area contributed by atoms with Crippen molar-refractivity contribution in [2.75, 3.05) is 17.7 Å². The van der Waals surface area contributed by atoms with Crippen molar-refractivity contribution in [1.29, 1.82) is 0 Å². The van der Waals surface area contributed by atoms with Gasteiger partial charge in [0.1, 0.15) is 17.5 Å². The Bertz CT molecular complexity index is 624. The molecular weight excluding hydrogens is 264 g/mol. The Kier molecular flexibility index (Phi) is 4.16. The molecule has 0 fully saturated rings. The van der Waals surface area contributed by atoms with Crippen molar-refractivity contribution >= 4 is 17.3 Å². The average molecular weight is 288 g/mol. The molecular formula is C15H24N6. The van der Waals surface area contributed by atoms with Crippen LogP contribution in [0.25, 0.3) is 0 Å². The maximum absolute atomic E-state index is 4.63. The number of hydrogen-bond donors (Lipinski definition) is 2. The standard InChI is InChI=1S/C15H24N6/c1-7-10-11(9-21(6)20-10)17-13-8-12(16-5)18-14(19-13)15(2,3)4/h8-9H,7H2,1-6H3,(H2,16,17,18,19). The first-order valence-corrected chi connectivity index (χ1v) is 7.20. The summed E-state index contributed by atoms with van der Waals surface area (Å²) in [6.07, 6.45) is 2.84. The molecule has 2 aromatic rings. The van der Waals surface area contributed by atoms with Gasteiger partial charge in [-0.2, -0.15) is 5.10 Å². The highest BCUT2D eigenvalue weighted by molar-refractivity contribution is 5.60. The van der Waals surface area contributed by atoms with Crippen LogP contribution in [0.15, 0.2) is 12.3 Å². The molecule has 0 aliphatic heterocycles. The molecule has 0 amide bonds. The highest BCUT2D eigenvalue weighted by atomic mass is 15.3. The van der Waals surface area contributed by atoms with Gasteiger partial charge in [-0.05, 0) is 6.42 Å². The molecule has 2 aromatic heterocycles.